The Labute approximate surface area is 153 Å². The van der Waals surface area contributed by atoms with Crippen LogP contribution in [0.1, 0.15) is 42.6 Å². The summed E-state index contributed by atoms with van der Waals surface area (Å²) in [6, 6.07) is 4.05. The maximum Gasteiger partial charge on any atom is 0.227 e. The maximum absolute atomic E-state index is 12.6. The Morgan fingerprint density at radius 1 is 1.38 bits per heavy atom. The molecule has 7 nitrogen and oxygen atoms in total. The lowest BCUT2D eigenvalue weighted by Crippen LogP contribution is -2.44. The lowest BCUT2D eigenvalue weighted by molar-refractivity contribution is -0.132. The summed E-state index contributed by atoms with van der Waals surface area (Å²) in [7, 11) is 2.13. The van der Waals surface area contributed by atoms with Gasteiger partial charge >= 0.3 is 0 Å². The van der Waals surface area contributed by atoms with Crippen LogP contribution in [0.2, 0.25) is 0 Å². The van der Waals surface area contributed by atoms with E-state index in [1.165, 1.54) is 0 Å². The van der Waals surface area contributed by atoms with Gasteiger partial charge in [0, 0.05) is 39.0 Å². The topological polar surface area (TPSA) is 75.4 Å². The second kappa shape index (κ2) is 6.79. The van der Waals surface area contributed by atoms with E-state index in [1.807, 2.05) is 24.0 Å². The van der Waals surface area contributed by atoms with E-state index in [-0.39, 0.29) is 17.4 Å². The lowest BCUT2D eigenvalue weighted by atomic mass is 9.76. The molecule has 1 unspecified atom stereocenters. The fourth-order valence-corrected chi connectivity index (χ4v) is 4.39. The van der Waals surface area contributed by atoms with Gasteiger partial charge in [0.15, 0.2) is 5.82 Å². The Balaban J connectivity index is 1.36. The first kappa shape index (κ1) is 17.1. The standard InChI is InChI=1S/C19H25N5O2/c1-14-21-18(22-26-14)16-11-19(13-23(16)2)5-8-24(9-6-19)17(25)10-15-4-3-7-20-12-15/h3-4,7,12,16H,5-6,8-11,13H2,1-2H3. The molecule has 2 aromatic heterocycles. The van der Waals surface area contributed by atoms with Crippen LogP contribution in [0.4, 0.5) is 0 Å². The SMILES string of the molecule is Cc1nc(C2CC3(CCN(C(=O)Cc4cccnc4)CC3)CN2C)no1. The molecule has 0 saturated carbocycles. The first-order valence-corrected chi connectivity index (χ1v) is 9.22. The van der Waals surface area contributed by atoms with Gasteiger partial charge < -0.3 is 9.42 Å². The second-order valence-electron chi connectivity index (χ2n) is 7.73. The molecule has 0 N–H and O–H groups in total. The van der Waals surface area contributed by atoms with Gasteiger partial charge in [0.05, 0.1) is 12.5 Å². The van der Waals surface area contributed by atoms with Crippen molar-refractivity contribution < 1.29 is 9.32 Å². The monoisotopic (exact) mass is 355 g/mol. The Kier molecular flexibility index (Phi) is 4.48. The van der Waals surface area contributed by atoms with Crippen molar-refractivity contribution in [1.82, 2.24) is 24.9 Å². The molecule has 4 heterocycles. The van der Waals surface area contributed by atoms with Gasteiger partial charge in [-0.2, -0.15) is 4.98 Å². The number of carbonyl (C=O) groups excluding carboxylic acids is 1. The molecule has 2 aliphatic rings. The average Bonchev–Trinajstić information content (AvgIpc) is 3.20. The largest absolute Gasteiger partial charge is 0.342 e. The van der Waals surface area contributed by atoms with Gasteiger partial charge in [-0.05, 0) is 43.4 Å². The van der Waals surface area contributed by atoms with Crippen LogP contribution in [-0.2, 0) is 11.2 Å². The summed E-state index contributed by atoms with van der Waals surface area (Å²) in [5.74, 6) is 1.60. The lowest BCUT2D eigenvalue weighted by Gasteiger charge is -2.39. The number of pyridine rings is 1. The van der Waals surface area contributed by atoms with Crippen molar-refractivity contribution in [3.05, 3.63) is 41.8 Å². The molecular weight excluding hydrogens is 330 g/mol. The van der Waals surface area contributed by atoms with Gasteiger partial charge in [0.25, 0.3) is 0 Å². The number of aromatic nitrogens is 3. The summed E-state index contributed by atoms with van der Waals surface area (Å²) < 4.78 is 5.16. The van der Waals surface area contributed by atoms with E-state index < -0.39 is 0 Å². The third-order valence-electron chi connectivity index (χ3n) is 5.84. The van der Waals surface area contributed by atoms with Crippen LogP contribution in [0.3, 0.4) is 0 Å². The predicted molar refractivity (Wildman–Crippen MR) is 95.2 cm³/mol. The zero-order valence-electron chi connectivity index (χ0n) is 15.4. The molecule has 138 valence electrons. The zero-order chi connectivity index (χ0) is 18.1. The normalized spacial score (nSPS) is 22.8. The smallest absolute Gasteiger partial charge is 0.227 e. The van der Waals surface area contributed by atoms with Crippen molar-refractivity contribution in [2.24, 2.45) is 5.41 Å². The quantitative estimate of drug-likeness (QED) is 0.838. The number of nitrogens with zero attached hydrogens (tertiary/aromatic N) is 5. The number of aryl methyl sites for hydroxylation is 1. The highest BCUT2D eigenvalue weighted by Gasteiger charge is 2.46. The molecule has 2 aliphatic heterocycles. The van der Waals surface area contributed by atoms with Crippen molar-refractivity contribution in [2.45, 2.75) is 38.6 Å². The number of carbonyl (C=O) groups is 1. The van der Waals surface area contributed by atoms with Gasteiger partial charge in [-0.25, -0.2) is 0 Å². The van der Waals surface area contributed by atoms with E-state index in [4.69, 9.17) is 4.52 Å². The zero-order valence-corrected chi connectivity index (χ0v) is 15.4. The van der Waals surface area contributed by atoms with E-state index in [0.29, 0.717) is 12.3 Å². The fraction of sp³-hybridized carbons (Fsp3) is 0.579. The highest BCUT2D eigenvalue weighted by atomic mass is 16.5. The van der Waals surface area contributed by atoms with E-state index in [2.05, 4.69) is 27.1 Å². The summed E-state index contributed by atoms with van der Waals surface area (Å²) >= 11 is 0. The van der Waals surface area contributed by atoms with Crippen LogP contribution in [0.25, 0.3) is 0 Å². The summed E-state index contributed by atoms with van der Waals surface area (Å²) in [5, 5.41) is 4.12. The number of hydrogen-bond acceptors (Lipinski definition) is 6. The minimum Gasteiger partial charge on any atom is -0.342 e. The second-order valence-corrected chi connectivity index (χ2v) is 7.73. The minimum absolute atomic E-state index is 0.199. The van der Waals surface area contributed by atoms with E-state index in [0.717, 1.165) is 50.3 Å². The van der Waals surface area contributed by atoms with Crippen LogP contribution < -0.4 is 0 Å². The molecule has 1 amide bonds. The molecular formula is C19H25N5O2. The van der Waals surface area contributed by atoms with Crippen LogP contribution in [0.5, 0.6) is 0 Å². The van der Waals surface area contributed by atoms with Crippen molar-refractivity contribution in [2.75, 3.05) is 26.7 Å². The minimum atomic E-state index is 0.199. The van der Waals surface area contributed by atoms with Gasteiger partial charge in [-0.1, -0.05) is 11.2 Å². The Hall–Kier alpha value is -2.28. The van der Waals surface area contributed by atoms with Crippen molar-refractivity contribution >= 4 is 5.91 Å². The molecule has 4 rings (SSSR count). The number of likely N-dealkylation sites (tertiary alicyclic amines) is 2. The molecule has 0 radical (unpaired) electrons. The Morgan fingerprint density at radius 2 is 2.19 bits per heavy atom. The van der Waals surface area contributed by atoms with E-state index in [1.54, 1.807) is 12.4 Å². The highest BCUT2D eigenvalue weighted by Crippen LogP contribution is 2.47. The third-order valence-corrected chi connectivity index (χ3v) is 5.84. The van der Waals surface area contributed by atoms with Gasteiger partial charge in [0.2, 0.25) is 11.8 Å². The Bertz CT molecular complexity index is 767. The van der Waals surface area contributed by atoms with Crippen molar-refractivity contribution in [1.29, 1.82) is 0 Å². The molecule has 0 bridgehead atoms. The first-order chi connectivity index (χ1) is 12.5. The summed E-state index contributed by atoms with van der Waals surface area (Å²) in [6.45, 7) is 4.50. The molecule has 2 aromatic rings. The maximum atomic E-state index is 12.6. The van der Waals surface area contributed by atoms with Crippen molar-refractivity contribution in [3.8, 4) is 0 Å². The van der Waals surface area contributed by atoms with Gasteiger partial charge in [-0.15, -0.1) is 0 Å². The predicted octanol–water partition coefficient (Wildman–Crippen LogP) is 2.00. The number of amides is 1. The molecule has 0 aliphatic carbocycles. The van der Waals surface area contributed by atoms with Gasteiger partial charge in [-0.3, -0.25) is 14.7 Å². The molecule has 2 fully saturated rings. The van der Waals surface area contributed by atoms with Crippen LogP contribution >= 0.6 is 0 Å². The number of piperidine rings is 1. The molecule has 7 heteroatoms. The number of rotatable bonds is 3. The van der Waals surface area contributed by atoms with E-state index >= 15 is 0 Å². The average molecular weight is 355 g/mol. The van der Waals surface area contributed by atoms with Crippen molar-refractivity contribution in [3.63, 3.8) is 0 Å². The Morgan fingerprint density at radius 3 is 2.85 bits per heavy atom. The molecule has 1 spiro atoms. The fourth-order valence-electron chi connectivity index (χ4n) is 4.39. The highest BCUT2D eigenvalue weighted by molar-refractivity contribution is 5.78. The molecule has 0 aromatic carbocycles. The molecule has 2 saturated heterocycles. The van der Waals surface area contributed by atoms with Crippen LogP contribution in [0, 0.1) is 12.3 Å². The summed E-state index contributed by atoms with van der Waals surface area (Å²) in [6.07, 6.45) is 7.04. The van der Waals surface area contributed by atoms with Crippen LogP contribution in [0.15, 0.2) is 29.0 Å². The van der Waals surface area contributed by atoms with E-state index in [9.17, 15) is 4.79 Å². The van der Waals surface area contributed by atoms with Crippen LogP contribution in [-0.4, -0.2) is 57.5 Å². The number of hydrogen-bond donors (Lipinski definition) is 0. The summed E-state index contributed by atoms with van der Waals surface area (Å²) in [5.41, 5.74) is 1.23. The molecule has 26 heavy (non-hydrogen) atoms. The third kappa shape index (κ3) is 3.35. The first-order valence-electron chi connectivity index (χ1n) is 9.22. The summed E-state index contributed by atoms with van der Waals surface area (Å²) in [4.78, 5) is 25.4. The molecule has 1 atom stereocenters. The van der Waals surface area contributed by atoms with Gasteiger partial charge in [0.1, 0.15) is 0 Å².